The molecule has 1 heterocycles. The molecule has 0 spiro atoms. The summed E-state index contributed by atoms with van der Waals surface area (Å²) in [5.74, 6) is 0.608. The smallest absolute Gasteiger partial charge is 0.239 e. The minimum atomic E-state index is -0.0439. The van der Waals surface area contributed by atoms with Gasteiger partial charge in [0.05, 0.1) is 12.2 Å². The molecule has 1 aromatic heterocycles. The fourth-order valence-corrected chi connectivity index (χ4v) is 1.00. The Bertz CT molecular complexity index is 313. The lowest BCUT2D eigenvalue weighted by atomic mass is 10.4. The molecule has 0 radical (unpaired) electrons. The first kappa shape index (κ1) is 10.4. The molecule has 5 nitrogen and oxygen atoms in total. The average Bonchev–Trinajstić information content (AvgIpc) is 2.17. The maximum absolute atomic E-state index is 11.1. The molecule has 1 rings (SSSR count). The molecule has 0 unspecified atom stereocenters. The van der Waals surface area contributed by atoms with Crippen LogP contribution in [0.5, 0.6) is 0 Å². The molecule has 5 heteroatoms. The maximum atomic E-state index is 11.1. The number of aryl methyl sites for hydroxylation is 1. The lowest BCUT2D eigenvalue weighted by Crippen LogP contribution is -2.29. The van der Waals surface area contributed by atoms with E-state index in [1.54, 1.807) is 12.4 Å². The van der Waals surface area contributed by atoms with Gasteiger partial charge in [0, 0.05) is 18.9 Å². The Morgan fingerprint density at radius 3 is 2.79 bits per heavy atom. The molecule has 1 amide bonds. The number of carbonyl (C=O) groups is 1. The van der Waals surface area contributed by atoms with Crippen molar-refractivity contribution in [3.05, 3.63) is 18.1 Å². The molecule has 1 aromatic rings. The molecule has 0 bridgehead atoms. The third-order valence-corrected chi connectivity index (χ3v) is 1.67. The summed E-state index contributed by atoms with van der Waals surface area (Å²) in [6.45, 7) is 4.59. The van der Waals surface area contributed by atoms with Gasteiger partial charge in [0.2, 0.25) is 5.91 Å². The van der Waals surface area contributed by atoms with Crippen LogP contribution in [-0.2, 0) is 4.79 Å². The van der Waals surface area contributed by atoms with Crippen molar-refractivity contribution in [3.63, 3.8) is 0 Å². The zero-order valence-corrected chi connectivity index (χ0v) is 8.37. The van der Waals surface area contributed by atoms with Gasteiger partial charge in [-0.25, -0.2) is 4.98 Å². The third-order valence-electron chi connectivity index (χ3n) is 1.67. The summed E-state index contributed by atoms with van der Waals surface area (Å²) < 4.78 is 0. The van der Waals surface area contributed by atoms with E-state index in [4.69, 9.17) is 0 Å². The second kappa shape index (κ2) is 5.16. The van der Waals surface area contributed by atoms with E-state index < -0.39 is 0 Å². The van der Waals surface area contributed by atoms with E-state index in [1.807, 2.05) is 13.8 Å². The number of hydrogen-bond donors (Lipinski definition) is 2. The molecule has 0 atom stereocenters. The third kappa shape index (κ3) is 3.01. The first-order valence-corrected chi connectivity index (χ1v) is 4.52. The van der Waals surface area contributed by atoms with Crippen molar-refractivity contribution in [1.82, 2.24) is 15.3 Å². The summed E-state index contributed by atoms with van der Waals surface area (Å²) >= 11 is 0. The van der Waals surface area contributed by atoms with E-state index in [9.17, 15) is 4.79 Å². The zero-order valence-electron chi connectivity index (χ0n) is 8.37. The fraction of sp³-hybridized carbons (Fsp3) is 0.444. The zero-order chi connectivity index (χ0) is 10.4. The number of nitrogens with one attached hydrogen (secondary N) is 2. The van der Waals surface area contributed by atoms with E-state index in [2.05, 4.69) is 20.6 Å². The molecule has 0 fully saturated rings. The Morgan fingerprint density at radius 2 is 2.14 bits per heavy atom. The highest BCUT2D eigenvalue weighted by molar-refractivity contribution is 5.80. The Morgan fingerprint density at radius 1 is 1.43 bits per heavy atom. The lowest BCUT2D eigenvalue weighted by Gasteiger charge is -2.06. The molecular weight excluding hydrogens is 180 g/mol. The highest BCUT2D eigenvalue weighted by Gasteiger charge is 2.02. The van der Waals surface area contributed by atoms with E-state index in [0.29, 0.717) is 12.4 Å². The van der Waals surface area contributed by atoms with Crippen LogP contribution in [0.1, 0.15) is 12.6 Å². The largest absolute Gasteiger partial charge is 0.360 e. The molecule has 0 aliphatic rings. The monoisotopic (exact) mass is 194 g/mol. The predicted molar refractivity (Wildman–Crippen MR) is 53.9 cm³/mol. The molecular formula is C9H14N4O. The fourth-order valence-electron chi connectivity index (χ4n) is 1.00. The van der Waals surface area contributed by atoms with Gasteiger partial charge in [-0.2, -0.15) is 0 Å². The van der Waals surface area contributed by atoms with Crippen molar-refractivity contribution in [1.29, 1.82) is 0 Å². The Hall–Kier alpha value is -1.65. The van der Waals surface area contributed by atoms with Crippen molar-refractivity contribution in [2.24, 2.45) is 0 Å². The highest BCUT2D eigenvalue weighted by Crippen LogP contribution is 2.04. The Balaban J connectivity index is 2.46. The van der Waals surface area contributed by atoms with Crippen LogP contribution in [0.15, 0.2) is 12.4 Å². The summed E-state index contributed by atoms with van der Waals surface area (Å²) in [6, 6.07) is 0. The number of amides is 1. The van der Waals surface area contributed by atoms with E-state index >= 15 is 0 Å². The average molecular weight is 194 g/mol. The number of rotatable bonds is 4. The van der Waals surface area contributed by atoms with E-state index in [0.717, 1.165) is 5.69 Å². The number of likely N-dealkylation sites (N-methyl/N-ethyl adjacent to an activating group) is 1. The van der Waals surface area contributed by atoms with Crippen molar-refractivity contribution < 1.29 is 4.79 Å². The first-order chi connectivity index (χ1) is 6.74. The van der Waals surface area contributed by atoms with Crippen molar-refractivity contribution in [2.75, 3.05) is 18.4 Å². The summed E-state index contributed by atoms with van der Waals surface area (Å²) in [4.78, 5) is 19.2. The molecule has 2 N–H and O–H groups in total. The summed E-state index contributed by atoms with van der Waals surface area (Å²) in [5.41, 5.74) is 0.789. The highest BCUT2D eigenvalue weighted by atomic mass is 16.1. The number of nitrogens with zero attached hydrogens (tertiary/aromatic N) is 2. The standard InChI is InChI=1S/C9H14N4O/c1-3-10-8(14)6-13-9-7(2)11-4-5-12-9/h4-5H,3,6H2,1-2H3,(H,10,14)(H,12,13). The van der Waals surface area contributed by atoms with Crippen molar-refractivity contribution in [2.45, 2.75) is 13.8 Å². The minimum Gasteiger partial charge on any atom is -0.360 e. The normalized spacial score (nSPS) is 9.57. The van der Waals surface area contributed by atoms with Crippen molar-refractivity contribution in [3.8, 4) is 0 Å². The number of carbonyl (C=O) groups excluding carboxylic acids is 1. The summed E-state index contributed by atoms with van der Waals surface area (Å²) in [6.07, 6.45) is 3.21. The van der Waals surface area contributed by atoms with E-state index in [1.165, 1.54) is 0 Å². The van der Waals surface area contributed by atoms with Crippen LogP contribution in [0.4, 0.5) is 5.82 Å². The van der Waals surface area contributed by atoms with Crippen LogP contribution in [0, 0.1) is 6.92 Å². The molecule has 0 aromatic carbocycles. The van der Waals surface area contributed by atoms with Crippen LogP contribution in [0.3, 0.4) is 0 Å². The van der Waals surface area contributed by atoms with Gasteiger partial charge in [-0.3, -0.25) is 9.78 Å². The van der Waals surface area contributed by atoms with Gasteiger partial charge in [0.1, 0.15) is 5.82 Å². The SMILES string of the molecule is CCNC(=O)CNc1nccnc1C. The van der Waals surface area contributed by atoms with Gasteiger partial charge >= 0.3 is 0 Å². The molecule has 0 aliphatic heterocycles. The number of hydrogen-bond acceptors (Lipinski definition) is 4. The van der Waals surface area contributed by atoms with Gasteiger partial charge in [-0.15, -0.1) is 0 Å². The van der Waals surface area contributed by atoms with Gasteiger partial charge in [0.25, 0.3) is 0 Å². The van der Waals surface area contributed by atoms with Crippen LogP contribution >= 0.6 is 0 Å². The quantitative estimate of drug-likeness (QED) is 0.725. The second-order valence-electron chi connectivity index (χ2n) is 2.80. The maximum Gasteiger partial charge on any atom is 0.239 e. The van der Waals surface area contributed by atoms with Gasteiger partial charge in [-0.1, -0.05) is 0 Å². The van der Waals surface area contributed by atoms with Crippen LogP contribution < -0.4 is 10.6 Å². The van der Waals surface area contributed by atoms with Crippen LogP contribution in [0.2, 0.25) is 0 Å². The molecule has 76 valence electrons. The van der Waals surface area contributed by atoms with Crippen LogP contribution in [0.25, 0.3) is 0 Å². The number of aromatic nitrogens is 2. The summed E-state index contributed by atoms with van der Waals surface area (Å²) in [7, 11) is 0. The van der Waals surface area contributed by atoms with Crippen LogP contribution in [-0.4, -0.2) is 29.0 Å². The lowest BCUT2D eigenvalue weighted by molar-refractivity contribution is -0.119. The Labute approximate surface area is 83.0 Å². The number of anilines is 1. The molecule has 0 aliphatic carbocycles. The molecule has 0 saturated carbocycles. The minimum absolute atomic E-state index is 0.0439. The molecule has 0 saturated heterocycles. The topological polar surface area (TPSA) is 66.9 Å². The first-order valence-electron chi connectivity index (χ1n) is 4.52. The Kier molecular flexibility index (Phi) is 3.84. The van der Waals surface area contributed by atoms with Gasteiger partial charge < -0.3 is 10.6 Å². The summed E-state index contributed by atoms with van der Waals surface area (Å²) in [5, 5.41) is 5.60. The second-order valence-corrected chi connectivity index (χ2v) is 2.80. The van der Waals surface area contributed by atoms with Gasteiger partial charge in [-0.05, 0) is 13.8 Å². The van der Waals surface area contributed by atoms with E-state index in [-0.39, 0.29) is 12.5 Å². The predicted octanol–water partition coefficient (Wildman–Crippen LogP) is 0.333. The molecule has 14 heavy (non-hydrogen) atoms. The van der Waals surface area contributed by atoms with Gasteiger partial charge in [0.15, 0.2) is 0 Å². The van der Waals surface area contributed by atoms with Crippen molar-refractivity contribution >= 4 is 11.7 Å².